The van der Waals surface area contributed by atoms with Crippen LogP contribution in [-0.4, -0.2) is 79.1 Å². The number of nitrogens with zero attached hydrogens (tertiary/aromatic N) is 4. The molecule has 2 atom stereocenters. The SMILES string of the molecule is COCCN1CCN(C(=O)N2C(c3ccc(C(C)(C)C)cc3OC(C)C)=N[C@@](C)(c3ccc(Cl)cc3)[C@@]2(C)c2ccc(Cl)cc2)CC1. The number of hydrogen-bond donors (Lipinski definition) is 0. The first-order valence-corrected chi connectivity index (χ1v) is 17.2. The van der Waals surface area contributed by atoms with Crippen LogP contribution >= 0.6 is 23.2 Å². The van der Waals surface area contributed by atoms with Crippen molar-refractivity contribution in [2.45, 2.75) is 71.1 Å². The van der Waals surface area contributed by atoms with Gasteiger partial charge >= 0.3 is 6.03 Å². The van der Waals surface area contributed by atoms with Crippen LogP contribution in [0.2, 0.25) is 10.0 Å². The summed E-state index contributed by atoms with van der Waals surface area (Å²) in [6, 6.07) is 21.8. The number of aliphatic imine (C=N–C) groups is 1. The monoisotopic (exact) mass is 678 g/mol. The van der Waals surface area contributed by atoms with Gasteiger partial charge in [0.15, 0.2) is 0 Å². The molecule has 3 aromatic rings. The van der Waals surface area contributed by atoms with Crippen molar-refractivity contribution in [3.05, 3.63) is 99.0 Å². The van der Waals surface area contributed by atoms with Gasteiger partial charge in [0, 0.05) is 49.9 Å². The quantitative estimate of drug-likeness (QED) is 0.240. The summed E-state index contributed by atoms with van der Waals surface area (Å²) < 4.78 is 11.8. The van der Waals surface area contributed by atoms with Crippen molar-refractivity contribution in [3.63, 3.8) is 0 Å². The molecule has 2 aliphatic heterocycles. The summed E-state index contributed by atoms with van der Waals surface area (Å²) in [5.41, 5.74) is 1.81. The number of rotatable bonds is 8. The van der Waals surface area contributed by atoms with Crippen molar-refractivity contribution >= 4 is 35.1 Å². The third-order valence-corrected chi connectivity index (χ3v) is 10.2. The van der Waals surface area contributed by atoms with E-state index in [1.807, 2.05) is 72.2 Å². The standard InChI is InChI=1S/C38H48Cl2N4O3/c1-26(2)47-33-25-29(36(3,4)5)13-18-32(33)34-41-37(6,27-9-14-30(39)15-10-27)38(7,28-11-16-31(40)17-12-28)44(34)35(45)43-21-19-42(20-22-43)23-24-46-8/h9-18,25-26H,19-24H2,1-8H3/t37-,38+/m0/s1. The average Bonchev–Trinajstić information content (AvgIpc) is 3.27. The van der Waals surface area contributed by atoms with Crippen LogP contribution < -0.4 is 4.74 Å². The van der Waals surface area contributed by atoms with E-state index in [-0.39, 0.29) is 17.6 Å². The van der Waals surface area contributed by atoms with Crippen LogP contribution in [0, 0.1) is 0 Å². The number of hydrogen-bond acceptors (Lipinski definition) is 5. The Hall–Kier alpha value is -3.10. The number of piperazine rings is 1. The first-order chi connectivity index (χ1) is 22.2. The molecule has 0 bridgehead atoms. The molecule has 5 rings (SSSR count). The van der Waals surface area contributed by atoms with Crippen LogP contribution in [0.5, 0.6) is 5.75 Å². The predicted molar refractivity (Wildman–Crippen MR) is 192 cm³/mol. The number of urea groups is 1. The van der Waals surface area contributed by atoms with Gasteiger partial charge in [0.2, 0.25) is 0 Å². The van der Waals surface area contributed by atoms with Gasteiger partial charge in [-0.05, 0) is 86.2 Å². The predicted octanol–water partition coefficient (Wildman–Crippen LogP) is 8.36. The van der Waals surface area contributed by atoms with Gasteiger partial charge in [0.1, 0.15) is 22.7 Å². The van der Waals surface area contributed by atoms with Gasteiger partial charge in [-0.3, -0.25) is 14.8 Å². The molecule has 47 heavy (non-hydrogen) atoms. The van der Waals surface area contributed by atoms with Crippen molar-refractivity contribution in [2.75, 3.05) is 46.4 Å². The van der Waals surface area contributed by atoms with E-state index in [0.717, 1.165) is 41.9 Å². The number of benzene rings is 3. The number of methoxy groups -OCH3 is 1. The lowest BCUT2D eigenvalue weighted by molar-refractivity contribution is 0.0771. The summed E-state index contributed by atoms with van der Waals surface area (Å²) in [6.07, 6.45) is -0.0828. The van der Waals surface area contributed by atoms with Crippen molar-refractivity contribution in [1.82, 2.24) is 14.7 Å². The summed E-state index contributed by atoms with van der Waals surface area (Å²) in [4.78, 5) is 26.9. The smallest absolute Gasteiger partial charge is 0.326 e. The molecule has 0 N–H and O–H groups in total. The first kappa shape index (κ1) is 35.2. The fourth-order valence-electron chi connectivity index (χ4n) is 6.62. The van der Waals surface area contributed by atoms with E-state index in [2.05, 4.69) is 57.7 Å². The highest BCUT2D eigenvalue weighted by Gasteiger charge is 2.60. The number of halogens is 2. The molecule has 0 aromatic heterocycles. The van der Waals surface area contributed by atoms with Gasteiger partial charge in [-0.2, -0.15) is 0 Å². The Labute approximate surface area is 290 Å². The minimum atomic E-state index is -0.956. The molecule has 1 fully saturated rings. The first-order valence-electron chi connectivity index (χ1n) is 16.4. The Kier molecular flexibility index (Phi) is 10.3. The minimum Gasteiger partial charge on any atom is -0.490 e. The number of carbonyl (C=O) groups excluding carboxylic acids is 1. The van der Waals surface area contributed by atoms with Crippen molar-refractivity contribution < 1.29 is 14.3 Å². The molecule has 252 valence electrons. The molecule has 2 aliphatic rings. The van der Waals surface area contributed by atoms with Gasteiger partial charge in [-0.25, -0.2) is 4.79 Å². The largest absolute Gasteiger partial charge is 0.490 e. The third kappa shape index (κ3) is 6.91. The summed E-state index contributed by atoms with van der Waals surface area (Å²) >= 11 is 12.8. The molecule has 3 aromatic carbocycles. The average molecular weight is 680 g/mol. The fraction of sp³-hybridized carbons (Fsp3) is 0.474. The van der Waals surface area contributed by atoms with Crippen LogP contribution in [0.25, 0.3) is 0 Å². The van der Waals surface area contributed by atoms with Crippen LogP contribution in [0.4, 0.5) is 4.79 Å². The van der Waals surface area contributed by atoms with Gasteiger partial charge in [0.05, 0.1) is 18.3 Å². The van der Waals surface area contributed by atoms with E-state index in [1.165, 1.54) is 0 Å². The lowest BCUT2D eigenvalue weighted by atomic mass is 9.71. The highest BCUT2D eigenvalue weighted by molar-refractivity contribution is 6.30. The number of ether oxygens (including phenoxy) is 2. The van der Waals surface area contributed by atoms with Gasteiger partial charge in [0.25, 0.3) is 0 Å². The molecule has 7 nitrogen and oxygen atoms in total. The second-order valence-electron chi connectivity index (χ2n) is 14.2. The second kappa shape index (κ2) is 13.8. The summed E-state index contributed by atoms with van der Waals surface area (Å²) in [5, 5.41) is 1.26. The molecule has 9 heteroatoms. The van der Waals surface area contributed by atoms with Gasteiger partial charge in [-0.1, -0.05) is 74.3 Å². The Morgan fingerprint density at radius 2 is 1.47 bits per heavy atom. The molecule has 0 radical (unpaired) electrons. The maximum atomic E-state index is 15.1. The van der Waals surface area contributed by atoms with E-state index < -0.39 is 11.1 Å². The van der Waals surface area contributed by atoms with E-state index in [4.69, 9.17) is 37.7 Å². The van der Waals surface area contributed by atoms with E-state index in [9.17, 15) is 0 Å². The second-order valence-corrected chi connectivity index (χ2v) is 15.0. The zero-order valence-electron chi connectivity index (χ0n) is 28.9. The normalized spacial score (nSPS) is 22.1. The Balaban J connectivity index is 1.73. The molecule has 1 saturated heterocycles. The lowest BCUT2D eigenvalue weighted by Gasteiger charge is -2.47. The van der Waals surface area contributed by atoms with Crippen LogP contribution in [0.3, 0.4) is 0 Å². The molecule has 2 amide bonds. The Bertz CT molecular complexity index is 1590. The summed E-state index contributed by atoms with van der Waals surface area (Å²) in [5.74, 6) is 1.27. The number of carbonyl (C=O) groups is 1. The fourth-order valence-corrected chi connectivity index (χ4v) is 6.87. The van der Waals surface area contributed by atoms with Crippen molar-refractivity contribution in [1.29, 1.82) is 0 Å². The Morgan fingerprint density at radius 1 is 0.894 bits per heavy atom. The Morgan fingerprint density at radius 3 is 2.00 bits per heavy atom. The molecular formula is C38H48Cl2N4O3. The van der Waals surface area contributed by atoms with Crippen LogP contribution in [0.15, 0.2) is 71.7 Å². The minimum absolute atomic E-state index is 0.0828. The lowest BCUT2D eigenvalue weighted by Crippen LogP contribution is -2.60. The van der Waals surface area contributed by atoms with E-state index in [1.54, 1.807) is 7.11 Å². The maximum absolute atomic E-state index is 15.1. The summed E-state index contributed by atoms with van der Waals surface area (Å²) in [6.45, 7) is 19.0. The van der Waals surface area contributed by atoms with Crippen molar-refractivity contribution in [2.24, 2.45) is 4.99 Å². The maximum Gasteiger partial charge on any atom is 0.326 e. The van der Waals surface area contributed by atoms with Gasteiger partial charge in [-0.15, -0.1) is 0 Å². The zero-order valence-corrected chi connectivity index (χ0v) is 30.5. The topological polar surface area (TPSA) is 57.6 Å². The molecule has 0 spiro atoms. The van der Waals surface area contributed by atoms with Crippen LogP contribution in [0.1, 0.15) is 70.7 Å². The van der Waals surface area contributed by atoms with Crippen LogP contribution in [-0.2, 0) is 21.2 Å². The number of amides is 2. The van der Waals surface area contributed by atoms with E-state index >= 15 is 4.79 Å². The highest BCUT2D eigenvalue weighted by atomic mass is 35.5. The molecule has 0 unspecified atom stereocenters. The summed E-state index contributed by atoms with van der Waals surface area (Å²) in [7, 11) is 1.72. The highest BCUT2D eigenvalue weighted by Crippen LogP contribution is 2.54. The third-order valence-electron chi connectivity index (χ3n) is 9.65. The number of amidine groups is 1. The molecule has 0 saturated carbocycles. The van der Waals surface area contributed by atoms with Gasteiger partial charge < -0.3 is 14.4 Å². The van der Waals surface area contributed by atoms with Crippen molar-refractivity contribution in [3.8, 4) is 5.75 Å². The molecule has 2 heterocycles. The molecular weight excluding hydrogens is 631 g/mol. The van der Waals surface area contributed by atoms with E-state index in [0.29, 0.717) is 41.3 Å². The molecule has 0 aliphatic carbocycles. The zero-order chi connectivity index (χ0) is 34.1.